The maximum atomic E-state index is 13.1. The lowest BCUT2D eigenvalue weighted by molar-refractivity contribution is 0.0902. The lowest BCUT2D eigenvalue weighted by Gasteiger charge is -2.36. The molecule has 2 aliphatic rings. The number of fused-ring (bicyclic) bond motifs is 3. The van der Waals surface area contributed by atoms with E-state index in [1.807, 2.05) is 34.9 Å². The fourth-order valence-corrected chi connectivity index (χ4v) is 5.54. The number of pyridine rings is 1. The number of aryl methyl sites for hydroxylation is 2. The normalized spacial score (nSPS) is 16.9. The smallest absolute Gasteiger partial charge is 0.272 e. The van der Waals surface area contributed by atoms with Crippen LogP contribution in [0.25, 0.3) is 0 Å². The predicted octanol–water partition coefficient (Wildman–Crippen LogP) is 4.64. The van der Waals surface area contributed by atoms with E-state index in [4.69, 9.17) is 4.74 Å². The summed E-state index contributed by atoms with van der Waals surface area (Å²) in [5.74, 6) is -0.139. The van der Waals surface area contributed by atoms with Crippen molar-refractivity contribution in [1.82, 2.24) is 9.88 Å². The number of aromatic nitrogens is 1. The minimum atomic E-state index is -0.287. The highest BCUT2D eigenvalue weighted by Gasteiger charge is 2.37. The van der Waals surface area contributed by atoms with Gasteiger partial charge >= 0.3 is 0 Å². The van der Waals surface area contributed by atoms with Crippen LogP contribution in [0.15, 0.2) is 95.9 Å². The van der Waals surface area contributed by atoms with Gasteiger partial charge in [-0.2, -0.15) is 0 Å². The molecule has 0 saturated heterocycles. The van der Waals surface area contributed by atoms with Crippen LogP contribution in [0.5, 0.6) is 5.75 Å². The summed E-state index contributed by atoms with van der Waals surface area (Å²) in [6.07, 6.45) is 3.71. The van der Waals surface area contributed by atoms with Gasteiger partial charge in [-0.25, -0.2) is 0 Å². The predicted molar refractivity (Wildman–Crippen MR) is 135 cm³/mol. The van der Waals surface area contributed by atoms with Crippen LogP contribution in [0.3, 0.4) is 0 Å². The van der Waals surface area contributed by atoms with Crippen molar-refractivity contribution in [3.8, 4) is 5.75 Å². The number of nitrogens with one attached hydrogen (secondary N) is 1. The largest absolute Gasteiger partial charge is 0.483 e. The number of ether oxygens (including phenoxy) is 1. The molecule has 0 radical (unpaired) electrons. The molecule has 174 valence electrons. The highest BCUT2D eigenvalue weighted by molar-refractivity contribution is 5.96. The quantitative estimate of drug-likeness (QED) is 0.481. The van der Waals surface area contributed by atoms with Gasteiger partial charge in [-0.1, -0.05) is 78.9 Å². The molecule has 1 amide bonds. The van der Waals surface area contributed by atoms with Crippen molar-refractivity contribution in [1.29, 1.82) is 0 Å². The Kier molecular flexibility index (Phi) is 5.45. The maximum absolute atomic E-state index is 13.1. The maximum Gasteiger partial charge on any atom is 0.272 e. The molecule has 1 aliphatic heterocycles. The zero-order chi connectivity index (χ0) is 23.8. The van der Waals surface area contributed by atoms with Crippen LogP contribution in [0, 0.1) is 0 Å². The van der Waals surface area contributed by atoms with Crippen LogP contribution in [-0.2, 0) is 19.4 Å². The van der Waals surface area contributed by atoms with Crippen LogP contribution in [0.1, 0.15) is 50.3 Å². The average molecular weight is 463 g/mol. The van der Waals surface area contributed by atoms with E-state index >= 15 is 0 Å². The van der Waals surface area contributed by atoms with E-state index in [2.05, 4.69) is 53.8 Å². The van der Waals surface area contributed by atoms with Gasteiger partial charge in [-0.15, -0.1) is 0 Å². The Bertz CT molecular complexity index is 1410. The summed E-state index contributed by atoms with van der Waals surface area (Å²) >= 11 is 0. The molecule has 1 unspecified atom stereocenters. The van der Waals surface area contributed by atoms with Gasteiger partial charge in [0.1, 0.15) is 6.61 Å². The number of hydrogen-bond acceptors (Lipinski definition) is 3. The molecule has 6 rings (SSSR count). The molecule has 2 heterocycles. The van der Waals surface area contributed by atoms with Gasteiger partial charge < -0.3 is 14.6 Å². The monoisotopic (exact) mass is 462 g/mol. The number of amides is 1. The van der Waals surface area contributed by atoms with Gasteiger partial charge in [0.25, 0.3) is 5.91 Å². The van der Waals surface area contributed by atoms with Crippen molar-refractivity contribution in [3.63, 3.8) is 0 Å². The van der Waals surface area contributed by atoms with Gasteiger partial charge in [-0.3, -0.25) is 9.59 Å². The van der Waals surface area contributed by atoms with Gasteiger partial charge in [0.05, 0.1) is 6.04 Å². The zero-order valence-electron chi connectivity index (χ0n) is 19.3. The SMILES string of the molecule is O=C1NCC(C2c3ccccc3CCc3ccccc32)n2ccc(=O)c(OCc3ccccc3)c21. The Balaban J connectivity index is 1.48. The first-order valence-electron chi connectivity index (χ1n) is 12.1. The topological polar surface area (TPSA) is 60.3 Å². The molecule has 4 aromatic rings. The number of nitrogens with zero attached hydrogens (tertiary/aromatic N) is 1. The Labute approximate surface area is 204 Å². The number of carbonyl (C=O) groups is 1. The molecule has 1 aliphatic carbocycles. The molecule has 1 N–H and O–H groups in total. The second kappa shape index (κ2) is 8.91. The van der Waals surface area contributed by atoms with Gasteiger partial charge in [0.2, 0.25) is 5.43 Å². The highest BCUT2D eigenvalue weighted by Crippen LogP contribution is 2.42. The van der Waals surface area contributed by atoms with E-state index in [9.17, 15) is 9.59 Å². The number of hydrogen-bond donors (Lipinski definition) is 1. The highest BCUT2D eigenvalue weighted by atomic mass is 16.5. The molecule has 1 atom stereocenters. The minimum absolute atomic E-state index is 0.0359. The lowest BCUT2D eigenvalue weighted by atomic mass is 9.81. The summed E-state index contributed by atoms with van der Waals surface area (Å²) in [6.45, 7) is 0.695. The standard InChI is InChI=1S/C30H26N2O3/c33-26-16-17-32-25(18-31-30(34)28(32)29(26)35-19-20-8-2-1-3-9-20)27-23-12-6-4-10-21(23)14-15-22-11-5-7-13-24(22)27/h1-13,16-17,25,27H,14-15,18-19H2,(H,31,34). The molecule has 5 nitrogen and oxygen atoms in total. The van der Waals surface area contributed by atoms with Crippen molar-refractivity contribution >= 4 is 5.91 Å². The number of benzene rings is 3. The van der Waals surface area contributed by atoms with E-state index < -0.39 is 0 Å². The Morgan fingerprint density at radius 3 is 2.11 bits per heavy atom. The van der Waals surface area contributed by atoms with Gasteiger partial charge in [0, 0.05) is 24.7 Å². The van der Waals surface area contributed by atoms with E-state index in [1.54, 1.807) is 6.20 Å². The molecule has 1 aromatic heterocycles. The number of rotatable bonds is 4. The third-order valence-corrected chi connectivity index (χ3v) is 7.18. The fraction of sp³-hybridized carbons (Fsp3) is 0.200. The van der Waals surface area contributed by atoms with Crippen LogP contribution < -0.4 is 15.5 Å². The van der Waals surface area contributed by atoms with E-state index in [1.165, 1.54) is 28.3 Å². The molecular weight excluding hydrogens is 436 g/mol. The van der Waals surface area contributed by atoms with Crippen molar-refractivity contribution in [2.45, 2.75) is 31.4 Å². The van der Waals surface area contributed by atoms with Crippen LogP contribution >= 0.6 is 0 Å². The summed E-state index contributed by atoms with van der Waals surface area (Å²) in [7, 11) is 0. The first kappa shape index (κ1) is 21.4. The molecule has 0 fully saturated rings. The van der Waals surface area contributed by atoms with Crippen LogP contribution in [-0.4, -0.2) is 17.0 Å². The molecule has 5 heteroatoms. The summed E-state index contributed by atoms with van der Waals surface area (Å²) in [5.41, 5.74) is 6.15. The Morgan fingerprint density at radius 2 is 1.43 bits per heavy atom. The summed E-state index contributed by atoms with van der Waals surface area (Å²) < 4.78 is 7.96. The minimum Gasteiger partial charge on any atom is -0.483 e. The third-order valence-electron chi connectivity index (χ3n) is 7.18. The van der Waals surface area contributed by atoms with Crippen molar-refractivity contribution in [3.05, 3.63) is 135 Å². The first-order chi connectivity index (χ1) is 17.2. The van der Waals surface area contributed by atoms with Crippen LogP contribution in [0.4, 0.5) is 0 Å². The molecule has 35 heavy (non-hydrogen) atoms. The lowest BCUT2D eigenvalue weighted by Crippen LogP contribution is -2.43. The second-order valence-corrected chi connectivity index (χ2v) is 9.19. The van der Waals surface area contributed by atoms with Crippen LogP contribution in [0.2, 0.25) is 0 Å². The number of carbonyl (C=O) groups excluding carboxylic acids is 1. The van der Waals surface area contributed by atoms with E-state index in [0.717, 1.165) is 18.4 Å². The van der Waals surface area contributed by atoms with Crippen molar-refractivity contribution < 1.29 is 9.53 Å². The Morgan fingerprint density at radius 1 is 0.800 bits per heavy atom. The molecule has 3 aromatic carbocycles. The van der Waals surface area contributed by atoms with Crippen molar-refractivity contribution in [2.24, 2.45) is 0 Å². The Hall–Kier alpha value is -4.12. The average Bonchev–Trinajstić information content (AvgIpc) is 3.06. The third kappa shape index (κ3) is 3.83. The summed E-state index contributed by atoms with van der Waals surface area (Å²) in [4.78, 5) is 26.0. The second-order valence-electron chi connectivity index (χ2n) is 9.19. The summed E-state index contributed by atoms with van der Waals surface area (Å²) in [6, 6.07) is 28.3. The van der Waals surface area contributed by atoms with E-state index in [-0.39, 0.29) is 35.7 Å². The fourth-order valence-electron chi connectivity index (χ4n) is 5.54. The van der Waals surface area contributed by atoms with E-state index in [0.29, 0.717) is 12.2 Å². The molecule has 0 bridgehead atoms. The zero-order valence-corrected chi connectivity index (χ0v) is 19.3. The van der Waals surface area contributed by atoms with Gasteiger partial charge in [0.15, 0.2) is 11.4 Å². The molecule has 0 saturated carbocycles. The van der Waals surface area contributed by atoms with Gasteiger partial charge in [-0.05, 0) is 40.7 Å². The van der Waals surface area contributed by atoms with Crippen molar-refractivity contribution in [2.75, 3.05) is 6.54 Å². The summed E-state index contributed by atoms with van der Waals surface area (Å²) in [5, 5.41) is 3.05. The first-order valence-corrected chi connectivity index (χ1v) is 12.1. The molecular formula is C30H26N2O3. The molecule has 0 spiro atoms.